The van der Waals surface area contributed by atoms with Crippen LogP contribution in [0.5, 0.6) is 0 Å². The fourth-order valence-corrected chi connectivity index (χ4v) is 5.69. The Bertz CT molecular complexity index is 1580. The summed E-state index contributed by atoms with van der Waals surface area (Å²) in [6.45, 7) is 12.9. The minimum atomic E-state index is -0.332. The molecular weight excluding hydrogens is 783 g/mol. The molecule has 5 heterocycles. The van der Waals surface area contributed by atoms with Gasteiger partial charge < -0.3 is 25.7 Å². The SMILES string of the molecule is CC.COC(=O)c1cc(C)c(C2CCNCC2)c(N)c1.[CH2-]c1cc2c(-n3ccc4c(c3=O)CCN4)ccnc2n1C.[Rf]. The van der Waals surface area contributed by atoms with Gasteiger partial charge in [-0.2, -0.15) is 6.07 Å². The van der Waals surface area contributed by atoms with Crippen LogP contribution < -0.4 is 21.9 Å². The van der Waals surface area contributed by atoms with Gasteiger partial charge in [0.1, 0.15) is 5.65 Å². The number of nitrogens with two attached hydrogens (primary N) is 1. The number of aromatic nitrogens is 3. The second-order valence-electron chi connectivity index (χ2n) is 10.1. The molecular formula is C32H41N6O3Rf-. The number of esters is 1. The fourth-order valence-electron chi connectivity index (χ4n) is 5.69. The van der Waals surface area contributed by atoms with Gasteiger partial charge >= 0.3 is 5.97 Å². The van der Waals surface area contributed by atoms with Gasteiger partial charge in [0.05, 0.1) is 12.7 Å². The number of carbonyl (C=O) groups excluding carboxylic acids is 1. The number of ether oxygens (including phenoxy) is 1. The maximum absolute atomic E-state index is 12.7. The van der Waals surface area contributed by atoms with Crippen molar-refractivity contribution >= 4 is 28.4 Å². The van der Waals surface area contributed by atoms with Crippen LogP contribution in [0, 0.1) is 13.8 Å². The van der Waals surface area contributed by atoms with Crippen molar-refractivity contribution in [3.8, 4) is 5.69 Å². The van der Waals surface area contributed by atoms with E-state index in [2.05, 4.69) is 22.5 Å². The van der Waals surface area contributed by atoms with Gasteiger partial charge in [0.25, 0.3) is 5.56 Å². The number of methoxy groups -OCH3 is 1. The predicted molar refractivity (Wildman–Crippen MR) is 166 cm³/mol. The number of hydrogen-bond acceptors (Lipinski definition) is 7. The van der Waals surface area contributed by atoms with Gasteiger partial charge in [0, 0.05) is 48.6 Å². The number of nitrogens with zero attached hydrogens (tertiary/aromatic N) is 3. The van der Waals surface area contributed by atoms with Gasteiger partial charge in [0.2, 0.25) is 0 Å². The summed E-state index contributed by atoms with van der Waals surface area (Å²) in [4.78, 5) is 28.6. The normalized spacial score (nSPS) is 13.9. The minimum Gasteiger partial charge on any atom is -0.465 e. The summed E-state index contributed by atoms with van der Waals surface area (Å²) < 4.78 is 8.36. The first kappa shape index (κ1) is 31.3. The van der Waals surface area contributed by atoms with E-state index in [1.807, 2.05) is 62.8 Å². The number of fused-ring (bicyclic) bond motifs is 2. The van der Waals surface area contributed by atoms with Crippen molar-refractivity contribution in [2.75, 3.05) is 37.8 Å². The zero-order valence-corrected chi connectivity index (χ0v) is 31.8. The minimum absolute atomic E-state index is 0. The van der Waals surface area contributed by atoms with Crippen LogP contribution in [0.4, 0.5) is 11.4 Å². The van der Waals surface area contributed by atoms with Gasteiger partial charge in [0.15, 0.2) is 0 Å². The Kier molecular flexibility index (Phi) is 9.99. The van der Waals surface area contributed by atoms with Crippen molar-refractivity contribution in [1.29, 1.82) is 0 Å². The molecule has 10 heteroatoms. The first-order valence-corrected chi connectivity index (χ1v) is 14.2. The Labute approximate surface area is 241 Å². The van der Waals surface area contributed by atoms with E-state index < -0.39 is 0 Å². The summed E-state index contributed by atoms with van der Waals surface area (Å²) in [7, 11) is 3.31. The quantitative estimate of drug-likeness (QED) is 0.156. The predicted octanol–water partition coefficient (Wildman–Crippen LogP) is 4.73. The molecule has 0 spiro atoms. The van der Waals surface area contributed by atoms with E-state index in [9.17, 15) is 9.59 Å². The smallest absolute Gasteiger partial charge is 0.337 e. The Morgan fingerprint density at radius 2 is 1.86 bits per heavy atom. The molecule has 0 atom stereocenters. The van der Waals surface area contributed by atoms with Crippen molar-refractivity contribution in [2.24, 2.45) is 7.05 Å². The summed E-state index contributed by atoms with van der Waals surface area (Å²) in [5, 5.41) is 7.52. The number of rotatable bonds is 3. The zero-order valence-electron chi connectivity index (χ0n) is 25.4. The number of nitrogens with one attached hydrogen (secondary N) is 2. The van der Waals surface area contributed by atoms with Crippen molar-refractivity contribution < 1.29 is 9.53 Å². The molecule has 1 fully saturated rings. The first-order chi connectivity index (χ1) is 19.8. The molecule has 220 valence electrons. The van der Waals surface area contributed by atoms with Gasteiger partial charge in [-0.15, -0.1) is 5.69 Å². The molecule has 0 unspecified atom stereocenters. The van der Waals surface area contributed by atoms with Crippen LogP contribution in [0.1, 0.15) is 65.3 Å². The molecule has 42 heavy (non-hydrogen) atoms. The fraction of sp³-hybridized carbons (Fsp3) is 0.375. The number of nitrogen functional groups attached to an aromatic ring is 1. The molecule has 6 rings (SSSR count). The maximum Gasteiger partial charge on any atom is 0.337 e. The molecule has 4 aromatic rings. The number of benzene rings is 1. The van der Waals surface area contributed by atoms with Crippen LogP contribution in [0.3, 0.4) is 0 Å². The molecule has 3 aromatic heterocycles. The molecule has 2 aliphatic rings. The molecule has 0 bridgehead atoms. The van der Waals surface area contributed by atoms with Gasteiger partial charge in [-0.05, 0) is 86.0 Å². The van der Waals surface area contributed by atoms with E-state index in [1.165, 1.54) is 12.7 Å². The topological polar surface area (TPSA) is 116 Å². The molecule has 0 radical (unpaired) electrons. The molecule has 1 saturated heterocycles. The number of carbonyl (C=O) groups is 1. The third-order valence-corrected chi connectivity index (χ3v) is 7.74. The van der Waals surface area contributed by atoms with Crippen molar-refractivity contribution in [3.05, 3.63) is 88.0 Å². The Hall–Kier alpha value is -5.24. The summed E-state index contributed by atoms with van der Waals surface area (Å²) in [5.41, 5.74) is 14.1. The standard InChI is InChI=1S/C16H15N4O.C14H20N2O2.C2H6.Rf/c1-10-9-12-14(4-7-18-15(12)19(10)2)20-8-5-13-11(16(20)21)3-6-17-13;1-9-7-11(14(17)18-2)8-12(15)13(9)10-3-5-16-6-4-10;1-2;/h4-5,7-9,17H,1,3,6H2,2H3;7-8,10,16H,3-6,15H2,1-2H3;1-2H3;/q-1;;;. The zero-order chi connectivity index (χ0) is 29.7. The van der Waals surface area contributed by atoms with E-state index in [0.717, 1.165) is 78.1 Å². The first-order valence-electron chi connectivity index (χ1n) is 14.2. The number of anilines is 2. The van der Waals surface area contributed by atoms with Crippen LogP contribution in [0.25, 0.3) is 16.7 Å². The van der Waals surface area contributed by atoms with Gasteiger partial charge in [-0.3, -0.25) is 9.36 Å². The molecule has 9 nitrogen and oxygen atoms in total. The van der Waals surface area contributed by atoms with Crippen molar-refractivity contribution in [2.45, 2.75) is 46.0 Å². The van der Waals surface area contributed by atoms with Gasteiger partial charge in [-0.1, -0.05) is 13.8 Å². The Morgan fingerprint density at radius 3 is 2.52 bits per heavy atom. The summed E-state index contributed by atoms with van der Waals surface area (Å²) >= 11 is 0. The molecule has 0 saturated carbocycles. The van der Waals surface area contributed by atoms with Crippen LogP contribution in [0.2, 0.25) is 0 Å². The van der Waals surface area contributed by atoms with E-state index in [1.54, 1.807) is 16.8 Å². The Morgan fingerprint density at radius 1 is 1.14 bits per heavy atom. The van der Waals surface area contributed by atoms with Crippen molar-refractivity contribution in [1.82, 2.24) is 19.4 Å². The number of hydrogen-bond donors (Lipinski definition) is 3. The van der Waals surface area contributed by atoms with Crippen LogP contribution in [-0.4, -0.2) is 46.8 Å². The van der Waals surface area contributed by atoms with E-state index in [-0.39, 0.29) is 11.5 Å². The van der Waals surface area contributed by atoms with Crippen molar-refractivity contribution in [3.63, 3.8) is 0 Å². The molecule has 2 aliphatic heterocycles. The molecule has 0 aliphatic carbocycles. The maximum atomic E-state index is 12.7. The van der Waals surface area contributed by atoms with E-state index in [0.29, 0.717) is 17.2 Å². The second kappa shape index (κ2) is 13.4. The summed E-state index contributed by atoms with van der Waals surface area (Å²) in [5.74, 6) is 0.166. The average molecular weight is 825 g/mol. The third-order valence-electron chi connectivity index (χ3n) is 7.74. The molecule has 1 aromatic carbocycles. The third kappa shape index (κ3) is 5.93. The molecule has 0 amide bonds. The van der Waals surface area contributed by atoms with E-state index in [4.69, 9.17) is 10.5 Å². The number of pyridine rings is 2. The van der Waals surface area contributed by atoms with Gasteiger partial charge in [-0.25, -0.2) is 16.7 Å². The number of piperidine rings is 1. The summed E-state index contributed by atoms with van der Waals surface area (Å²) in [6.07, 6.45) is 6.53. The molecule has 4 N–H and O–H groups in total. The van der Waals surface area contributed by atoms with Crippen LogP contribution in [-0.2, 0) is 18.2 Å². The van der Waals surface area contributed by atoms with Crippen LogP contribution in [0.15, 0.2) is 47.5 Å². The van der Waals surface area contributed by atoms with E-state index >= 15 is 0 Å². The summed E-state index contributed by atoms with van der Waals surface area (Å²) in [6, 6.07) is 9.41. The second-order valence-corrected chi connectivity index (χ2v) is 10.1. The van der Waals surface area contributed by atoms with Crippen LogP contribution >= 0.6 is 0 Å². The number of aryl methyl sites for hydroxylation is 2. The Balaban J connectivity index is 0.000000216. The monoisotopic (exact) mass is 824 g/mol. The average Bonchev–Trinajstić information content (AvgIpc) is 3.59. The largest absolute Gasteiger partial charge is 0.465 e.